The number of nitrogens with one attached hydrogen (secondary N) is 1. The Kier molecular flexibility index (Phi) is 5.20. The van der Waals surface area contributed by atoms with E-state index in [0.717, 1.165) is 16.0 Å². The molecule has 1 atom stereocenters. The average Bonchev–Trinajstić information content (AvgIpc) is 2.99. The molecule has 122 valence electrons. The number of fused-ring (bicyclic) bond motifs is 1. The number of anilines is 1. The van der Waals surface area contributed by atoms with Gasteiger partial charge < -0.3 is 5.32 Å². The summed E-state index contributed by atoms with van der Waals surface area (Å²) in [6, 6.07) is 4.45. The lowest BCUT2D eigenvalue weighted by atomic mass is 10.2. The lowest BCUT2D eigenvalue weighted by Gasteiger charge is -2.11. The summed E-state index contributed by atoms with van der Waals surface area (Å²) in [7, 11) is 0. The number of thiophene rings is 1. The second-order valence-electron chi connectivity index (χ2n) is 5.16. The molecular formula is C17H12Cl2FN3S. The van der Waals surface area contributed by atoms with Gasteiger partial charge in [-0.2, -0.15) is 0 Å². The highest BCUT2D eigenvalue weighted by molar-refractivity contribution is 7.16. The van der Waals surface area contributed by atoms with E-state index in [2.05, 4.69) is 27.1 Å². The fraction of sp³-hybridized carbons (Fsp3) is 0.176. The van der Waals surface area contributed by atoms with E-state index in [-0.39, 0.29) is 16.1 Å². The summed E-state index contributed by atoms with van der Waals surface area (Å²) in [5, 5.41) is 6.72. The molecule has 2 heterocycles. The first-order valence-electron chi connectivity index (χ1n) is 7.12. The molecule has 0 amide bonds. The third kappa shape index (κ3) is 3.78. The van der Waals surface area contributed by atoms with Gasteiger partial charge in [0.25, 0.3) is 0 Å². The lowest BCUT2D eigenvalue weighted by molar-refractivity contribution is 0.628. The zero-order valence-corrected chi connectivity index (χ0v) is 14.9. The Balaban J connectivity index is 1.71. The SMILES string of the molecule is CC(CC#Cc1c(Cl)cc(F)cc1Cl)Nc1ncnc2sccc12. The van der Waals surface area contributed by atoms with Gasteiger partial charge in [-0.15, -0.1) is 11.3 Å². The predicted octanol–water partition coefficient (Wildman–Crippen LogP) is 5.38. The van der Waals surface area contributed by atoms with Crippen LogP contribution in [-0.4, -0.2) is 16.0 Å². The molecule has 0 radical (unpaired) electrons. The van der Waals surface area contributed by atoms with Crippen LogP contribution in [0.4, 0.5) is 10.2 Å². The van der Waals surface area contributed by atoms with Crippen molar-refractivity contribution in [1.82, 2.24) is 9.97 Å². The highest BCUT2D eigenvalue weighted by Gasteiger charge is 2.08. The quantitative estimate of drug-likeness (QED) is 0.620. The fourth-order valence-electron chi connectivity index (χ4n) is 2.14. The molecule has 3 aromatic rings. The second-order valence-corrected chi connectivity index (χ2v) is 6.87. The van der Waals surface area contributed by atoms with Crippen LogP contribution in [0.25, 0.3) is 10.2 Å². The van der Waals surface area contributed by atoms with Crippen molar-refractivity contribution in [2.75, 3.05) is 5.32 Å². The molecule has 0 saturated heterocycles. The molecule has 7 heteroatoms. The van der Waals surface area contributed by atoms with Gasteiger partial charge in [0.15, 0.2) is 0 Å². The molecule has 1 aromatic carbocycles. The van der Waals surface area contributed by atoms with Gasteiger partial charge in [-0.3, -0.25) is 0 Å². The van der Waals surface area contributed by atoms with Crippen LogP contribution in [0.5, 0.6) is 0 Å². The van der Waals surface area contributed by atoms with E-state index in [1.807, 2.05) is 18.4 Å². The minimum absolute atomic E-state index is 0.0634. The summed E-state index contributed by atoms with van der Waals surface area (Å²) in [6.45, 7) is 2.00. The number of aromatic nitrogens is 2. The summed E-state index contributed by atoms with van der Waals surface area (Å²) in [6.07, 6.45) is 2.09. The fourth-order valence-corrected chi connectivity index (χ4v) is 3.43. The Labute approximate surface area is 152 Å². The van der Waals surface area contributed by atoms with Crippen molar-refractivity contribution in [1.29, 1.82) is 0 Å². The minimum atomic E-state index is -0.478. The number of hydrogen-bond acceptors (Lipinski definition) is 4. The summed E-state index contributed by atoms with van der Waals surface area (Å²) >= 11 is 13.5. The van der Waals surface area contributed by atoms with Crippen LogP contribution in [0.2, 0.25) is 10.0 Å². The second kappa shape index (κ2) is 7.35. The third-order valence-electron chi connectivity index (χ3n) is 3.27. The van der Waals surface area contributed by atoms with Crippen molar-refractivity contribution in [3.8, 4) is 11.8 Å². The van der Waals surface area contributed by atoms with Gasteiger partial charge in [0.1, 0.15) is 22.8 Å². The molecule has 3 nitrogen and oxygen atoms in total. The van der Waals surface area contributed by atoms with E-state index >= 15 is 0 Å². The van der Waals surface area contributed by atoms with Gasteiger partial charge in [-0.1, -0.05) is 35.0 Å². The van der Waals surface area contributed by atoms with Crippen LogP contribution in [0.1, 0.15) is 18.9 Å². The first kappa shape index (κ1) is 17.0. The number of halogens is 3. The van der Waals surface area contributed by atoms with Crippen molar-refractivity contribution < 1.29 is 4.39 Å². The maximum absolute atomic E-state index is 13.2. The maximum Gasteiger partial charge on any atom is 0.138 e. The molecule has 1 unspecified atom stereocenters. The van der Waals surface area contributed by atoms with Crippen molar-refractivity contribution in [3.63, 3.8) is 0 Å². The Morgan fingerprint density at radius 2 is 2.04 bits per heavy atom. The number of hydrogen-bond donors (Lipinski definition) is 1. The van der Waals surface area contributed by atoms with Crippen molar-refractivity contribution in [2.24, 2.45) is 0 Å². The Morgan fingerprint density at radius 3 is 2.79 bits per heavy atom. The zero-order chi connectivity index (χ0) is 17.1. The molecule has 2 aromatic heterocycles. The van der Waals surface area contributed by atoms with Gasteiger partial charge in [0.2, 0.25) is 0 Å². The summed E-state index contributed by atoms with van der Waals surface area (Å²) < 4.78 is 13.2. The Morgan fingerprint density at radius 1 is 1.29 bits per heavy atom. The molecule has 0 saturated carbocycles. The average molecular weight is 380 g/mol. The molecule has 0 spiro atoms. The number of rotatable bonds is 3. The van der Waals surface area contributed by atoms with Crippen LogP contribution in [-0.2, 0) is 0 Å². The third-order valence-corrected chi connectivity index (χ3v) is 4.69. The first-order chi connectivity index (χ1) is 11.5. The van der Waals surface area contributed by atoms with Crippen LogP contribution in [0.3, 0.4) is 0 Å². The largest absolute Gasteiger partial charge is 0.366 e. The first-order valence-corrected chi connectivity index (χ1v) is 8.76. The molecule has 0 bridgehead atoms. The van der Waals surface area contributed by atoms with Gasteiger partial charge in [0, 0.05) is 12.5 Å². The molecule has 3 rings (SSSR count). The molecule has 0 aliphatic carbocycles. The van der Waals surface area contributed by atoms with E-state index in [1.54, 1.807) is 11.3 Å². The van der Waals surface area contributed by atoms with Crippen molar-refractivity contribution in [2.45, 2.75) is 19.4 Å². The van der Waals surface area contributed by atoms with Crippen LogP contribution in [0, 0.1) is 17.7 Å². The highest BCUT2D eigenvalue weighted by Crippen LogP contribution is 2.26. The monoisotopic (exact) mass is 379 g/mol. The number of nitrogens with zero attached hydrogens (tertiary/aromatic N) is 2. The Hall–Kier alpha value is -1.87. The van der Waals surface area contributed by atoms with Gasteiger partial charge in [-0.25, -0.2) is 14.4 Å². The highest BCUT2D eigenvalue weighted by atomic mass is 35.5. The van der Waals surface area contributed by atoms with E-state index in [9.17, 15) is 4.39 Å². The van der Waals surface area contributed by atoms with E-state index in [1.165, 1.54) is 18.5 Å². The molecule has 0 fully saturated rings. The smallest absolute Gasteiger partial charge is 0.138 e. The van der Waals surface area contributed by atoms with Crippen LogP contribution in [0.15, 0.2) is 29.9 Å². The van der Waals surface area contributed by atoms with E-state index in [0.29, 0.717) is 12.0 Å². The van der Waals surface area contributed by atoms with E-state index < -0.39 is 5.82 Å². The normalized spacial score (nSPS) is 11.8. The van der Waals surface area contributed by atoms with Gasteiger partial charge in [0.05, 0.1) is 21.0 Å². The van der Waals surface area contributed by atoms with Crippen LogP contribution >= 0.6 is 34.5 Å². The van der Waals surface area contributed by atoms with Gasteiger partial charge >= 0.3 is 0 Å². The lowest BCUT2D eigenvalue weighted by Crippen LogP contribution is -2.15. The summed E-state index contributed by atoms with van der Waals surface area (Å²) in [5.74, 6) is 6.23. The van der Waals surface area contributed by atoms with Crippen LogP contribution < -0.4 is 5.32 Å². The maximum atomic E-state index is 13.2. The van der Waals surface area contributed by atoms with Gasteiger partial charge in [-0.05, 0) is 30.5 Å². The standard InChI is InChI=1S/C17H12Cl2FN3S/c1-10(23-16-13-5-6-24-17(13)22-9-21-16)3-2-4-12-14(18)7-11(20)8-15(12)19/h5-10H,3H2,1H3,(H,21,22,23). The number of benzene rings is 1. The summed E-state index contributed by atoms with van der Waals surface area (Å²) in [4.78, 5) is 9.43. The van der Waals surface area contributed by atoms with Crippen molar-refractivity contribution in [3.05, 3.63) is 51.3 Å². The minimum Gasteiger partial charge on any atom is -0.366 e. The van der Waals surface area contributed by atoms with Crippen molar-refractivity contribution >= 4 is 50.6 Å². The molecular weight excluding hydrogens is 368 g/mol. The zero-order valence-electron chi connectivity index (χ0n) is 12.6. The molecule has 0 aliphatic heterocycles. The molecule has 24 heavy (non-hydrogen) atoms. The Bertz CT molecular complexity index is 923. The molecule has 1 N–H and O–H groups in total. The summed E-state index contributed by atoms with van der Waals surface area (Å²) in [5.41, 5.74) is 0.439. The topological polar surface area (TPSA) is 37.8 Å². The predicted molar refractivity (Wildman–Crippen MR) is 98.4 cm³/mol. The molecule has 0 aliphatic rings. The van der Waals surface area contributed by atoms with E-state index in [4.69, 9.17) is 23.2 Å².